The Morgan fingerprint density at radius 3 is 2.52 bits per heavy atom. The highest BCUT2D eigenvalue weighted by Crippen LogP contribution is 2.30. The number of hydrogen-bond acceptors (Lipinski definition) is 5. The zero-order valence-corrected chi connectivity index (χ0v) is 14.0. The van der Waals surface area contributed by atoms with E-state index in [4.69, 9.17) is 15.2 Å². The molecule has 23 heavy (non-hydrogen) atoms. The standard InChI is InChI=1S/C16H25N3O4/c1-5-8-23-13-7-6-12(9-14(13)22-4)10(2)18-11(3)15(20)19-16(17)21/h6-7,9-11,18H,5,8H2,1-4H3,(H3,17,19,20,21)/t10-,11+/m0/s1. The van der Waals surface area contributed by atoms with Crippen molar-refractivity contribution in [2.24, 2.45) is 5.73 Å². The number of nitrogens with one attached hydrogen (secondary N) is 2. The third-order valence-electron chi connectivity index (χ3n) is 3.29. The lowest BCUT2D eigenvalue weighted by molar-refractivity contribution is -0.121. The van der Waals surface area contributed by atoms with Crippen molar-refractivity contribution >= 4 is 11.9 Å². The van der Waals surface area contributed by atoms with Crippen molar-refractivity contribution in [3.05, 3.63) is 23.8 Å². The first-order chi connectivity index (χ1) is 10.9. The van der Waals surface area contributed by atoms with Crippen LogP contribution in [0.15, 0.2) is 18.2 Å². The van der Waals surface area contributed by atoms with Gasteiger partial charge in [0.15, 0.2) is 11.5 Å². The van der Waals surface area contributed by atoms with Crippen LogP contribution in [0.25, 0.3) is 0 Å². The second-order valence-electron chi connectivity index (χ2n) is 5.22. The molecule has 4 N–H and O–H groups in total. The Kier molecular flexibility index (Phi) is 7.34. The number of amides is 3. The number of urea groups is 1. The van der Waals surface area contributed by atoms with E-state index < -0.39 is 18.0 Å². The van der Waals surface area contributed by atoms with Crippen LogP contribution in [-0.4, -0.2) is 31.7 Å². The van der Waals surface area contributed by atoms with Crippen LogP contribution < -0.4 is 25.8 Å². The van der Waals surface area contributed by atoms with Gasteiger partial charge >= 0.3 is 6.03 Å². The Balaban J connectivity index is 2.77. The molecule has 0 radical (unpaired) electrons. The van der Waals surface area contributed by atoms with Crippen LogP contribution in [0.1, 0.15) is 38.8 Å². The highest BCUT2D eigenvalue weighted by molar-refractivity contribution is 5.96. The fourth-order valence-electron chi connectivity index (χ4n) is 2.06. The average molecular weight is 323 g/mol. The lowest BCUT2D eigenvalue weighted by atomic mass is 10.1. The summed E-state index contributed by atoms with van der Waals surface area (Å²) in [6.07, 6.45) is 0.912. The topological polar surface area (TPSA) is 103 Å². The first-order valence-corrected chi connectivity index (χ1v) is 7.56. The van der Waals surface area contributed by atoms with E-state index in [0.717, 1.165) is 12.0 Å². The van der Waals surface area contributed by atoms with Gasteiger partial charge < -0.3 is 15.2 Å². The summed E-state index contributed by atoms with van der Waals surface area (Å²) in [7, 11) is 1.58. The third kappa shape index (κ3) is 5.78. The monoisotopic (exact) mass is 323 g/mol. The summed E-state index contributed by atoms with van der Waals surface area (Å²) in [4.78, 5) is 22.4. The second-order valence-corrected chi connectivity index (χ2v) is 5.22. The highest BCUT2D eigenvalue weighted by Gasteiger charge is 2.18. The molecule has 7 nitrogen and oxygen atoms in total. The molecule has 0 unspecified atom stereocenters. The number of rotatable bonds is 8. The van der Waals surface area contributed by atoms with Crippen LogP contribution in [0.4, 0.5) is 4.79 Å². The minimum absolute atomic E-state index is 0.127. The largest absolute Gasteiger partial charge is 0.493 e. The molecule has 0 heterocycles. The SMILES string of the molecule is CCCOc1ccc([C@H](C)N[C@H](C)C(=O)NC(N)=O)cc1OC. The van der Waals surface area contributed by atoms with Gasteiger partial charge in [-0.15, -0.1) is 0 Å². The van der Waals surface area contributed by atoms with E-state index in [-0.39, 0.29) is 6.04 Å². The maximum Gasteiger partial charge on any atom is 0.318 e. The minimum Gasteiger partial charge on any atom is -0.493 e. The maximum atomic E-state index is 11.7. The summed E-state index contributed by atoms with van der Waals surface area (Å²) < 4.78 is 11.0. The molecule has 0 aliphatic rings. The lowest BCUT2D eigenvalue weighted by Crippen LogP contribution is -2.47. The predicted octanol–water partition coefficient (Wildman–Crippen LogP) is 1.72. The number of carbonyl (C=O) groups is 2. The van der Waals surface area contributed by atoms with Crippen LogP contribution in [-0.2, 0) is 4.79 Å². The number of carbonyl (C=O) groups excluding carboxylic acids is 2. The smallest absolute Gasteiger partial charge is 0.318 e. The van der Waals surface area contributed by atoms with Gasteiger partial charge in [-0.05, 0) is 38.0 Å². The molecule has 1 aromatic rings. The second kappa shape index (κ2) is 8.99. The summed E-state index contributed by atoms with van der Waals surface area (Å²) in [6, 6.07) is 4.05. The average Bonchev–Trinajstić information content (AvgIpc) is 2.51. The van der Waals surface area contributed by atoms with Crippen molar-refractivity contribution in [3.8, 4) is 11.5 Å². The normalized spacial score (nSPS) is 13.0. The Morgan fingerprint density at radius 1 is 1.26 bits per heavy atom. The lowest BCUT2D eigenvalue weighted by Gasteiger charge is -2.20. The van der Waals surface area contributed by atoms with E-state index in [1.807, 2.05) is 37.4 Å². The molecule has 0 fully saturated rings. The first kappa shape index (κ1) is 18.8. The molecule has 0 aliphatic carbocycles. The van der Waals surface area contributed by atoms with E-state index in [1.165, 1.54) is 0 Å². The number of methoxy groups -OCH3 is 1. The molecule has 0 aliphatic heterocycles. The fraction of sp³-hybridized carbons (Fsp3) is 0.500. The summed E-state index contributed by atoms with van der Waals surface area (Å²) in [6.45, 7) is 6.22. The number of ether oxygens (including phenoxy) is 2. The molecule has 0 saturated heterocycles. The summed E-state index contributed by atoms with van der Waals surface area (Å²) in [5.74, 6) is 0.850. The zero-order valence-electron chi connectivity index (χ0n) is 14.0. The molecular formula is C16H25N3O4. The van der Waals surface area contributed by atoms with E-state index in [1.54, 1.807) is 14.0 Å². The summed E-state index contributed by atoms with van der Waals surface area (Å²) in [5, 5.41) is 5.15. The fourth-order valence-corrected chi connectivity index (χ4v) is 2.06. The Morgan fingerprint density at radius 2 is 1.96 bits per heavy atom. The van der Waals surface area contributed by atoms with Gasteiger partial charge in [-0.3, -0.25) is 15.4 Å². The molecular weight excluding hydrogens is 298 g/mol. The number of primary amides is 1. The molecule has 3 amide bonds. The van der Waals surface area contributed by atoms with Crippen LogP contribution in [0, 0.1) is 0 Å². The Labute approximate surface area is 136 Å². The van der Waals surface area contributed by atoms with Crippen molar-refractivity contribution in [2.75, 3.05) is 13.7 Å². The van der Waals surface area contributed by atoms with Crippen molar-refractivity contribution < 1.29 is 19.1 Å². The van der Waals surface area contributed by atoms with Crippen LogP contribution in [0.3, 0.4) is 0 Å². The van der Waals surface area contributed by atoms with Gasteiger partial charge in [-0.2, -0.15) is 0 Å². The summed E-state index contributed by atoms with van der Waals surface area (Å²) >= 11 is 0. The number of imide groups is 1. The highest BCUT2D eigenvalue weighted by atomic mass is 16.5. The van der Waals surface area contributed by atoms with Crippen molar-refractivity contribution in [1.29, 1.82) is 0 Å². The van der Waals surface area contributed by atoms with Gasteiger partial charge in [-0.1, -0.05) is 13.0 Å². The van der Waals surface area contributed by atoms with Crippen LogP contribution >= 0.6 is 0 Å². The first-order valence-electron chi connectivity index (χ1n) is 7.56. The van der Waals surface area contributed by atoms with Gasteiger partial charge in [0.25, 0.3) is 0 Å². The molecule has 0 aromatic heterocycles. The number of nitrogens with two attached hydrogens (primary N) is 1. The van der Waals surface area contributed by atoms with E-state index in [0.29, 0.717) is 18.1 Å². The van der Waals surface area contributed by atoms with E-state index in [9.17, 15) is 9.59 Å². The van der Waals surface area contributed by atoms with Crippen molar-refractivity contribution in [3.63, 3.8) is 0 Å². The summed E-state index contributed by atoms with van der Waals surface area (Å²) in [5.41, 5.74) is 5.87. The van der Waals surface area contributed by atoms with Crippen molar-refractivity contribution in [2.45, 2.75) is 39.3 Å². The Bertz CT molecular complexity index is 548. The maximum absolute atomic E-state index is 11.7. The van der Waals surface area contributed by atoms with Gasteiger partial charge in [0, 0.05) is 6.04 Å². The third-order valence-corrected chi connectivity index (χ3v) is 3.29. The van der Waals surface area contributed by atoms with Gasteiger partial charge in [-0.25, -0.2) is 4.79 Å². The van der Waals surface area contributed by atoms with E-state index >= 15 is 0 Å². The number of hydrogen-bond donors (Lipinski definition) is 3. The molecule has 1 rings (SSSR count). The van der Waals surface area contributed by atoms with Gasteiger partial charge in [0.05, 0.1) is 19.8 Å². The van der Waals surface area contributed by atoms with Crippen molar-refractivity contribution in [1.82, 2.24) is 10.6 Å². The molecule has 1 aromatic carbocycles. The predicted molar refractivity (Wildman–Crippen MR) is 87.5 cm³/mol. The quantitative estimate of drug-likeness (QED) is 0.676. The molecule has 7 heteroatoms. The van der Waals surface area contributed by atoms with Gasteiger partial charge in [0.1, 0.15) is 0 Å². The minimum atomic E-state index is -0.865. The molecule has 128 valence electrons. The molecule has 0 bridgehead atoms. The zero-order chi connectivity index (χ0) is 17.4. The van der Waals surface area contributed by atoms with Gasteiger partial charge in [0.2, 0.25) is 5.91 Å². The molecule has 0 spiro atoms. The van der Waals surface area contributed by atoms with Crippen LogP contribution in [0.2, 0.25) is 0 Å². The molecule has 2 atom stereocenters. The van der Waals surface area contributed by atoms with Crippen LogP contribution in [0.5, 0.6) is 11.5 Å². The Hall–Kier alpha value is -2.28. The molecule has 0 saturated carbocycles. The van der Waals surface area contributed by atoms with E-state index in [2.05, 4.69) is 5.32 Å². The number of benzene rings is 1.